The van der Waals surface area contributed by atoms with Gasteiger partial charge in [-0.3, -0.25) is 9.63 Å². The Morgan fingerprint density at radius 3 is 2.83 bits per heavy atom. The third-order valence-electron chi connectivity index (χ3n) is 4.25. The largest absolute Gasteiger partial charge is 0.332 e. The van der Waals surface area contributed by atoms with Gasteiger partial charge in [0.15, 0.2) is 5.82 Å². The molecular weight excluding hydrogens is 315 g/mol. The van der Waals surface area contributed by atoms with E-state index < -0.39 is 11.9 Å². The van der Waals surface area contributed by atoms with Gasteiger partial charge in [0.25, 0.3) is 5.91 Å². The van der Waals surface area contributed by atoms with Crippen molar-refractivity contribution in [1.29, 1.82) is 0 Å². The smallest absolute Gasteiger partial charge is 0.271 e. The van der Waals surface area contributed by atoms with Crippen molar-refractivity contribution in [3.63, 3.8) is 0 Å². The van der Waals surface area contributed by atoms with Crippen molar-refractivity contribution in [2.75, 3.05) is 24.6 Å². The quantitative estimate of drug-likeness (QED) is 0.814. The Balaban J connectivity index is 1.61. The van der Waals surface area contributed by atoms with Crippen LogP contribution in [0.4, 0.5) is 10.3 Å². The number of imidazole rings is 1. The van der Waals surface area contributed by atoms with Crippen LogP contribution < -0.4 is 4.90 Å². The summed E-state index contributed by atoms with van der Waals surface area (Å²) in [6.45, 7) is 2.04. The average Bonchev–Trinajstić information content (AvgIpc) is 3.10. The van der Waals surface area contributed by atoms with Crippen LogP contribution >= 0.6 is 0 Å². The number of carbonyl (C=O) groups excluding carboxylic acids is 1. The van der Waals surface area contributed by atoms with Crippen molar-refractivity contribution < 1.29 is 14.0 Å². The second kappa shape index (κ2) is 6.16. The second-order valence-corrected chi connectivity index (χ2v) is 5.87. The molecule has 0 bridgehead atoms. The molecule has 1 atom stereocenters. The maximum atomic E-state index is 13.1. The Labute approximate surface area is 137 Å². The molecule has 126 valence electrons. The zero-order valence-corrected chi connectivity index (χ0v) is 13.0. The first-order valence-corrected chi connectivity index (χ1v) is 7.90. The molecule has 0 N–H and O–H groups in total. The van der Waals surface area contributed by atoms with E-state index in [1.165, 1.54) is 5.06 Å². The maximum Gasteiger partial charge on any atom is 0.271 e. The molecule has 0 aromatic carbocycles. The molecule has 0 saturated carbocycles. The third kappa shape index (κ3) is 2.71. The summed E-state index contributed by atoms with van der Waals surface area (Å²) < 4.78 is 14.9. The van der Waals surface area contributed by atoms with Gasteiger partial charge in [-0.25, -0.2) is 24.4 Å². The molecule has 2 aromatic rings. The Hall–Kier alpha value is -2.55. The highest BCUT2D eigenvalue weighted by atomic mass is 19.1. The summed E-state index contributed by atoms with van der Waals surface area (Å²) in [5.41, 5.74) is 0.879. The van der Waals surface area contributed by atoms with E-state index in [9.17, 15) is 9.18 Å². The number of aromatic nitrogens is 4. The first kappa shape index (κ1) is 15.0. The van der Waals surface area contributed by atoms with Crippen LogP contribution in [0.3, 0.4) is 0 Å². The molecule has 2 aromatic heterocycles. The van der Waals surface area contributed by atoms with E-state index in [4.69, 9.17) is 4.84 Å². The molecule has 9 heteroatoms. The number of amides is 1. The Bertz CT molecular complexity index is 728. The highest BCUT2D eigenvalue weighted by Gasteiger charge is 2.35. The van der Waals surface area contributed by atoms with Crippen molar-refractivity contribution >= 4 is 11.9 Å². The molecule has 2 aliphatic rings. The average molecular weight is 332 g/mol. The molecule has 1 amide bonds. The van der Waals surface area contributed by atoms with E-state index in [0.717, 1.165) is 30.9 Å². The van der Waals surface area contributed by atoms with Gasteiger partial charge in [-0.2, -0.15) is 0 Å². The number of fused-ring (bicyclic) bond motifs is 1. The van der Waals surface area contributed by atoms with Crippen LogP contribution in [0.2, 0.25) is 0 Å². The number of halogens is 1. The van der Waals surface area contributed by atoms with Crippen molar-refractivity contribution in [2.45, 2.75) is 25.4 Å². The first-order chi connectivity index (χ1) is 11.7. The van der Waals surface area contributed by atoms with E-state index >= 15 is 0 Å². The molecule has 8 nitrogen and oxygen atoms in total. The van der Waals surface area contributed by atoms with Crippen LogP contribution in [-0.2, 0) is 16.2 Å². The van der Waals surface area contributed by atoms with E-state index in [1.807, 2.05) is 9.47 Å². The summed E-state index contributed by atoms with van der Waals surface area (Å²) in [5.74, 6) is -0.211. The molecule has 1 saturated heterocycles. The lowest BCUT2D eigenvalue weighted by Crippen LogP contribution is -2.47. The van der Waals surface area contributed by atoms with Crippen molar-refractivity contribution in [2.24, 2.45) is 0 Å². The van der Waals surface area contributed by atoms with Crippen LogP contribution in [-0.4, -0.2) is 50.2 Å². The summed E-state index contributed by atoms with van der Waals surface area (Å²) in [7, 11) is 0. The minimum Gasteiger partial charge on any atom is -0.332 e. The Morgan fingerprint density at radius 1 is 1.25 bits per heavy atom. The Morgan fingerprint density at radius 2 is 2.08 bits per heavy atom. The number of hydrogen-bond acceptors (Lipinski definition) is 6. The fourth-order valence-corrected chi connectivity index (χ4v) is 3.05. The van der Waals surface area contributed by atoms with E-state index in [-0.39, 0.29) is 5.91 Å². The van der Waals surface area contributed by atoms with E-state index in [2.05, 4.69) is 15.0 Å². The fourth-order valence-electron chi connectivity index (χ4n) is 3.05. The fraction of sp³-hybridized carbons (Fsp3) is 0.467. The molecule has 4 heterocycles. The molecule has 0 spiro atoms. The number of anilines is 1. The lowest BCUT2D eigenvalue weighted by Gasteiger charge is -2.36. The van der Waals surface area contributed by atoms with Crippen LogP contribution in [0.1, 0.15) is 24.6 Å². The van der Waals surface area contributed by atoms with Gasteiger partial charge >= 0.3 is 0 Å². The van der Waals surface area contributed by atoms with E-state index in [0.29, 0.717) is 32.2 Å². The molecular formula is C15H17FN6O2. The summed E-state index contributed by atoms with van der Waals surface area (Å²) in [5, 5.41) is 1.44. The highest BCUT2D eigenvalue weighted by Crippen LogP contribution is 2.26. The molecule has 1 unspecified atom stereocenters. The lowest BCUT2D eigenvalue weighted by atomic mass is 10.1. The van der Waals surface area contributed by atoms with Gasteiger partial charge in [-0.15, -0.1) is 0 Å². The summed E-state index contributed by atoms with van der Waals surface area (Å²) in [6.07, 6.45) is 7.51. The number of hydrogen-bond donors (Lipinski definition) is 0. The van der Waals surface area contributed by atoms with Crippen molar-refractivity contribution in [3.05, 3.63) is 36.4 Å². The van der Waals surface area contributed by atoms with Crippen molar-refractivity contribution in [3.8, 4) is 0 Å². The normalized spacial score (nSPS) is 20.8. The van der Waals surface area contributed by atoms with Gasteiger partial charge in [0.05, 0.1) is 44.1 Å². The predicted molar refractivity (Wildman–Crippen MR) is 81.2 cm³/mol. The van der Waals surface area contributed by atoms with Crippen molar-refractivity contribution in [1.82, 2.24) is 24.6 Å². The summed E-state index contributed by atoms with van der Waals surface area (Å²) >= 11 is 0. The van der Waals surface area contributed by atoms with Crippen LogP contribution in [0.5, 0.6) is 0 Å². The number of nitrogens with zero attached hydrogens (tertiary/aromatic N) is 6. The summed E-state index contributed by atoms with van der Waals surface area (Å²) in [4.78, 5) is 32.4. The standard InChI is InChI=1S/C15H17FN6O2/c16-11-5-18-15(19-6-11)20-8-12-7-17-10-21(12)13(9-20)14(23)22-3-1-2-4-24-22/h5-7,10,13H,1-4,8-9H2. The van der Waals surface area contributed by atoms with Gasteiger partial charge in [-0.1, -0.05) is 0 Å². The second-order valence-electron chi connectivity index (χ2n) is 5.87. The van der Waals surface area contributed by atoms with Gasteiger partial charge in [-0.05, 0) is 12.8 Å². The van der Waals surface area contributed by atoms with Crippen LogP contribution in [0.25, 0.3) is 0 Å². The SMILES string of the molecule is O=C(C1CN(c2ncc(F)cn2)Cc2cncn21)N1CCCCO1. The van der Waals surface area contributed by atoms with E-state index in [1.54, 1.807) is 12.5 Å². The molecule has 0 radical (unpaired) electrons. The number of carbonyl (C=O) groups is 1. The highest BCUT2D eigenvalue weighted by molar-refractivity contribution is 5.80. The van der Waals surface area contributed by atoms with Gasteiger partial charge < -0.3 is 9.47 Å². The van der Waals surface area contributed by atoms with Gasteiger partial charge in [0.2, 0.25) is 5.95 Å². The topological polar surface area (TPSA) is 76.4 Å². The Kier molecular flexibility index (Phi) is 3.85. The minimum atomic E-state index is -0.491. The third-order valence-corrected chi connectivity index (χ3v) is 4.25. The van der Waals surface area contributed by atoms with Crippen LogP contribution in [0, 0.1) is 5.82 Å². The number of hydroxylamine groups is 2. The molecule has 2 aliphatic heterocycles. The monoisotopic (exact) mass is 332 g/mol. The zero-order valence-electron chi connectivity index (χ0n) is 13.0. The predicted octanol–water partition coefficient (Wildman–Crippen LogP) is 0.928. The van der Waals surface area contributed by atoms with Gasteiger partial charge in [0.1, 0.15) is 6.04 Å². The first-order valence-electron chi connectivity index (χ1n) is 7.90. The molecule has 4 rings (SSSR count). The molecule has 24 heavy (non-hydrogen) atoms. The summed E-state index contributed by atoms with van der Waals surface area (Å²) in [6, 6.07) is -0.469. The van der Waals surface area contributed by atoms with Crippen LogP contribution in [0.15, 0.2) is 24.9 Å². The minimum absolute atomic E-state index is 0.110. The molecule has 0 aliphatic carbocycles. The lowest BCUT2D eigenvalue weighted by molar-refractivity contribution is -0.200. The van der Waals surface area contributed by atoms with Gasteiger partial charge in [0, 0.05) is 12.7 Å². The number of rotatable bonds is 2. The maximum absolute atomic E-state index is 13.1. The molecule has 1 fully saturated rings. The zero-order chi connectivity index (χ0) is 16.5.